The molecule has 0 N–H and O–H groups in total. The molecule has 0 aromatic carbocycles. The van der Waals surface area contributed by atoms with Gasteiger partial charge in [-0.25, -0.2) is 0 Å². The highest BCUT2D eigenvalue weighted by atomic mass is 16.6. The first-order valence-electron chi connectivity index (χ1n) is 36.3. The lowest BCUT2D eigenvalue weighted by atomic mass is 10.0. The quantitative estimate of drug-likeness (QED) is 0.0261. The van der Waals surface area contributed by atoms with Crippen molar-refractivity contribution in [2.45, 2.75) is 393 Å². The van der Waals surface area contributed by atoms with Crippen molar-refractivity contribution in [3.63, 3.8) is 0 Å². The van der Waals surface area contributed by atoms with Crippen LogP contribution in [0, 0.1) is 0 Å². The molecule has 0 bridgehead atoms. The molecule has 0 aliphatic carbocycles. The van der Waals surface area contributed by atoms with Crippen molar-refractivity contribution >= 4 is 17.9 Å². The molecule has 0 aliphatic heterocycles. The maximum Gasteiger partial charge on any atom is 0.306 e. The van der Waals surface area contributed by atoms with E-state index in [0.29, 0.717) is 19.3 Å². The summed E-state index contributed by atoms with van der Waals surface area (Å²) in [4.78, 5) is 38.3. The lowest BCUT2D eigenvalue weighted by Gasteiger charge is -2.18. The van der Waals surface area contributed by atoms with Crippen LogP contribution in [0.15, 0.2) is 60.8 Å². The summed E-state index contributed by atoms with van der Waals surface area (Å²) in [6, 6.07) is 0. The number of hydrogen-bond acceptors (Lipinski definition) is 6. The van der Waals surface area contributed by atoms with E-state index in [4.69, 9.17) is 14.2 Å². The van der Waals surface area contributed by atoms with E-state index in [9.17, 15) is 14.4 Å². The van der Waals surface area contributed by atoms with E-state index < -0.39 is 6.10 Å². The molecule has 0 radical (unpaired) electrons. The average Bonchev–Trinajstić information content (AvgIpc) is 3.47. The first kappa shape index (κ1) is 79.1. The van der Waals surface area contributed by atoms with Gasteiger partial charge in [0.25, 0.3) is 0 Å². The number of ether oxygens (including phenoxy) is 3. The monoisotopic (exact) mass is 1150 g/mol. The second kappa shape index (κ2) is 70.6. The number of allylic oxidation sites excluding steroid dienone is 10. The van der Waals surface area contributed by atoms with Crippen LogP contribution < -0.4 is 0 Å². The minimum Gasteiger partial charge on any atom is -0.462 e. The van der Waals surface area contributed by atoms with Gasteiger partial charge in [0.15, 0.2) is 6.10 Å². The molecule has 0 aliphatic rings. The van der Waals surface area contributed by atoms with Crippen LogP contribution in [0.3, 0.4) is 0 Å². The van der Waals surface area contributed by atoms with E-state index in [-0.39, 0.29) is 37.5 Å². The summed E-state index contributed by atoms with van der Waals surface area (Å²) in [5.41, 5.74) is 0. The van der Waals surface area contributed by atoms with Gasteiger partial charge in [-0.05, 0) is 70.6 Å². The predicted octanol–water partition coefficient (Wildman–Crippen LogP) is 25.1. The molecule has 0 fully saturated rings. The highest BCUT2D eigenvalue weighted by Crippen LogP contribution is 2.19. The lowest BCUT2D eigenvalue weighted by molar-refractivity contribution is -0.166. The zero-order valence-corrected chi connectivity index (χ0v) is 55.0. The zero-order chi connectivity index (χ0) is 59.2. The van der Waals surface area contributed by atoms with Crippen molar-refractivity contribution in [1.29, 1.82) is 0 Å². The van der Waals surface area contributed by atoms with Gasteiger partial charge in [0.2, 0.25) is 0 Å². The molecule has 0 rings (SSSR count). The Morgan fingerprint density at radius 1 is 0.256 bits per heavy atom. The summed E-state index contributed by atoms with van der Waals surface area (Å²) < 4.78 is 16.9. The molecular weight excluding hydrogens is 1010 g/mol. The third kappa shape index (κ3) is 67.9. The number of carbonyl (C=O) groups excluding carboxylic acids is 3. The Kier molecular flexibility index (Phi) is 68.1. The number of hydrogen-bond donors (Lipinski definition) is 0. The standard InChI is InChI=1S/C76H138O6/c1-4-7-10-13-16-19-22-25-27-29-30-31-32-33-34-35-36-37-38-39-40-41-42-43-44-45-47-48-51-54-57-60-63-66-69-75(78)81-72-73(71-80-74(77)68-65-62-59-56-53-50-24-21-18-15-12-9-6-3)82-76(79)70-67-64-61-58-55-52-49-46-28-26-23-20-17-14-11-8-5-2/h9,12,18,21,26,28,50,53,59,62,73H,4-8,10-11,13-17,19-20,22-25,27,29-49,51-52,54-58,60-61,63-72H2,1-3H3/b12-9-,21-18-,28-26-,53-50-,62-59-. The van der Waals surface area contributed by atoms with E-state index in [1.54, 1.807) is 0 Å². The van der Waals surface area contributed by atoms with E-state index in [2.05, 4.69) is 75.5 Å². The number of carbonyl (C=O) groups is 3. The summed E-state index contributed by atoms with van der Waals surface area (Å²) >= 11 is 0. The van der Waals surface area contributed by atoms with Crippen LogP contribution in [0.4, 0.5) is 0 Å². The molecule has 0 saturated carbocycles. The largest absolute Gasteiger partial charge is 0.462 e. The maximum absolute atomic E-state index is 12.9. The Balaban J connectivity index is 4.11. The molecule has 0 aromatic heterocycles. The third-order valence-corrected chi connectivity index (χ3v) is 16.3. The molecule has 6 nitrogen and oxygen atoms in total. The minimum atomic E-state index is -0.805. The summed E-state index contributed by atoms with van der Waals surface area (Å²) in [5, 5.41) is 0. The lowest BCUT2D eigenvalue weighted by Crippen LogP contribution is -2.30. The highest BCUT2D eigenvalue weighted by Gasteiger charge is 2.19. The van der Waals surface area contributed by atoms with Gasteiger partial charge in [-0.1, -0.05) is 358 Å². The van der Waals surface area contributed by atoms with E-state index in [1.807, 2.05) is 6.08 Å². The van der Waals surface area contributed by atoms with Gasteiger partial charge in [-0.15, -0.1) is 0 Å². The Morgan fingerprint density at radius 3 is 0.817 bits per heavy atom. The normalized spacial score (nSPS) is 12.4. The van der Waals surface area contributed by atoms with Crippen molar-refractivity contribution in [3.8, 4) is 0 Å². The Bertz CT molecular complexity index is 1460. The molecule has 6 heteroatoms. The molecule has 0 heterocycles. The van der Waals surface area contributed by atoms with Gasteiger partial charge in [0, 0.05) is 19.3 Å². The molecule has 1 unspecified atom stereocenters. The second-order valence-corrected chi connectivity index (χ2v) is 24.5. The predicted molar refractivity (Wildman–Crippen MR) is 358 cm³/mol. The first-order chi connectivity index (χ1) is 40.5. The summed E-state index contributed by atoms with van der Waals surface area (Å²) in [6.45, 7) is 6.51. The van der Waals surface area contributed by atoms with Crippen molar-refractivity contribution < 1.29 is 28.6 Å². The molecular formula is C76H138O6. The molecule has 0 saturated heterocycles. The molecule has 82 heavy (non-hydrogen) atoms. The molecule has 478 valence electrons. The smallest absolute Gasteiger partial charge is 0.306 e. The fourth-order valence-electron chi connectivity index (χ4n) is 10.9. The van der Waals surface area contributed by atoms with Crippen molar-refractivity contribution in [1.82, 2.24) is 0 Å². The fraction of sp³-hybridized carbons (Fsp3) is 0.829. The van der Waals surface area contributed by atoms with Crippen molar-refractivity contribution in [3.05, 3.63) is 60.8 Å². The van der Waals surface area contributed by atoms with Gasteiger partial charge in [0.1, 0.15) is 13.2 Å². The van der Waals surface area contributed by atoms with Gasteiger partial charge < -0.3 is 14.2 Å². The van der Waals surface area contributed by atoms with E-state index >= 15 is 0 Å². The second-order valence-electron chi connectivity index (χ2n) is 24.5. The minimum absolute atomic E-state index is 0.0946. The Hall–Kier alpha value is -2.89. The molecule has 0 amide bonds. The Labute approximate surface area is 510 Å². The topological polar surface area (TPSA) is 78.9 Å². The fourth-order valence-corrected chi connectivity index (χ4v) is 10.9. The summed E-state index contributed by atoms with van der Waals surface area (Å²) in [7, 11) is 0. The van der Waals surface area contributed by atoms with Gasteiger partial charge >= 0.3 is 17.9 Å². The van der Waals surface area contributed by atoms with Crippen LogP contribution in [0.2, 0.25) is 0 Å². The average molecular weight is 1150 g/mol. The highest BCUT2D eigenvalue weighted by molar-refractivity contribution is 5.71. The molecule has 0 spiro atoms. The van der Waals surface area contributed by atoms with Crippen LogP contribution >= 0.6 is 0 Å². The van der Waals surface area contributed by atoms with E-state index in [0.717, 1.165) is 64.2 Å². The third-order valence-electron chi connectivity index (χ3n) is 16.3. The number of rotatable bonds is 67. The molecule has 0 aromatic rings. The Morgan fingerprint density at radius 2 is 0.500 bits per heavy atom. The van der Waals surface area contributed by atoms with Gasteiger partial charge in [0.05, 0.1) is 0 Å². The maximum atomic E-state index is 12.9. The van der Waals surface area contributed by atoms with Crippen LogP contribution in [-0.4, -0.2) is 37.2 Å². The number of esters is 3. The van der Waals surface area contributed by atoms with Crippen molar-refractivity contribution in [2.75, 3.05) is 13.2 Å². The van der Waals surface area contributed by atoms with Gasteiger partial charge in [-0.2, -0.15) is 0 Å². The first-order valence-corrected chi connectivity index (χ1v) is 36.3. The summed E-state index contributed by atoms with van der Waals surface area (Å²) in [6.07, 6.45) is 91.6. The summed E-state index contributed by atoms with van der Waals surface area (Å²) in [5.74, 6) is -0.964. The van der Waals surface area contributed by atoms with Crippen LogP contribution in [-0.2, 0) is 28.6 Å². The van der Waals surface area contributed by atoms with Crippen LogP contribution in [0.25, 0.3) is 0 Å². The zero-order valence-electron chi connectivity index (χ0n) is 55.0. The van der Waals surface area contributed by atoms with Crippen molar-refractivity contribution in [2.24, 2.45) is 0 Å². The SMILES string of the molecule is CC/C=C\C/C=C\C/C=C\C/C=C\CCC(=O)OCC(COC(=O)CCCCCCCCCCCCCCCCCCCCCCCCCCCCCCCCCCCC)OC(=O)CCCCCCCCC/C=C\CCCCCCCC. The van der Waals surface area contributed by atoms with Crippen LogP contribution in [0.1, 0.15) is 387 Å². The van der Waals surface area contributed by atoms with Crippen LogP contribution in [0.5, 0.6) is 0 Å². The van der Waals surface area contributed by atoms with E-state index in [1.165, 1.54) is 276 Å². The molecule has 1 atom stereocenters. The van der Waals surface area contributed by atoms with Gasteiger partial charge in [-0.3, -0.25) is 14.4 Å². The number of unbranched alkanes of at least 4 members (excludes halogenated alkanes) is 46.